The number of rotatable bonds is 3. The smallest absolute Gasteiger partial charge is 0.145 e. The molecule has 0 amide bonds. The van der Waals surface area contributed by atoms with E-state index in [2.05, 4.69) is 24.5 Å². The predicted molar refractivity (Wildman–Crippen MR) is 86.5 cm³/mol. The van der Waals surface area contributed by atoms with Crippen LogP contribution in [0.2, 0.25) is 0 Å². The number of hydrogen-bond acceptors (Lipinski definition) is 3. The topological polar surface area (TPSA) is 53.1 Å². The first kappa shape index (κ1) is 13.5. The van der Waals surface area contributed by atoms with Gasteiger partial charge in [0.2, 0.25) is 0 Å². The molecular weight excluding hydrogens is 262 g/mol. The number of para-hydroxylation sites is 2. The van der Waals surface area contributed by atoms with E-state index in [1.54, 1.807) is 7.11 Å². The van der Waals surface area contributed by atoms with Gasteiger partial charge in [-0.15, -0.1) is 0 Å². The first-order valence-electron chi connectivity index (χ1n) is 7.03. The zero-order valence-electron chi connectivity index (χ0n) is 12.5. The summed E-state index contributed by atoms with van der Waals surface area (Å²) < 4.78 is 7.67. The minimum Gasteiger partial charge on any atom is -0.496 e. The maximum Gasteiger partial charge on any atom is 0.145 e. The molecule has 3 aromatic rings. The Bertz CT molecular complexity index is 790. The fourth-order valence-corrected chi connectivity index (χ4v) is 2.68. The summed E-state index contributed by atoms with van der Waals surface area (Å²) in [5.74, 6) is 1.70. The van der Waals surface area contributed by atoms with Crippen LogP contribution in [0.4, 0.5) is 5.69 Å². The highest BCUT2D eigenvalue weighted by atomic mass is 16.5. The average Bonchev–Trinajstić information content (AvgIpc) is 2.88. The Morgan fingerprint density at radius 3 is 2.57 bits per heavy atom. The molecule has 1 heterocycles. The van der Waals surface area contributed by atoms with Crippen LogP contribution in [0.3, 0.4) is 0 Å². The minimum absolute atomic E-state index is 0.275. The molecule has 0 atom stereocenters. The van der Waals surface area contributed by atoms with Crippen molar-refractivity contribution in [1.29, 1.82) is 0 Å². The third-order valence-corrected chi connectivity index (χ3v) is 3.62. The number of ether oxygens (including phenoxy) is 1. The van der Waals surface area contributed by atoms with Crippen LogP contribution in [0.25, 0.3) is 22.4 Å². The molecular formula is C17H19N3O. The van der Waals surface area contributed by atoms with Gasteiger partial charge in [-0.2, -0.15) is 0 Å². The van der Waals surface area contributed by atoms with Crippen molar-refractivity contribution in [3.63, 3.8) is 0 Å². The Labute approximate surface area is 124 Å². The molecule has 0 spiro atoms. The van der Waals surface area contributed by atoms with Crippen molar-refractivity contribution in [1.82, 2.24) is 9.55 Å². The Hall–Kier alpha value is -2.49. The van der Waals surface area contributed by atoms with Gasteiger partial charge in [0.25, 0.3) is 0 Å². The van der Waals surface area contributed by atoms with Gasteiger partial charge in [0.1, 0.15) is 17.1 Å². The van der Waals surface area contributed by atoms with Gasteiger partial charge in [-0.1, -0.05) is 18.2 Å². The van der Waals surface area contributed by atoms with E-state index < -0.39 is 0 Å². The number of imidazole rings is 1. The van der Waals surface area contributed by atoms with E-state index in [1.165, 1.54) is 0 Å². The molecule has 108 valence electrons. The number of fused-ring (bicyclic) bond motifs is 1. The molecule has 0 aliphatic heterocycles. The van der Waals surface area contributed by atoms with Crippen LogP contribution in [0.15, 0.2) is 42.5 Å². The molecule has 2 N–H and O–H groups in total. The SMILES string of the molecule is COc1ccccc1-c1nc2c(N)cccc2n1C(C)C. The lowest BCUT2D eigenvalue weighted by Crippen LogP contribution is -2.03. The molecule has 0 aliphatic rings. The highest BCUT2D eigenvalue weighted by Gasteiger charge is 2.18. The van der Waals surface area contributed by atoms with Crippen LogP contribution >= 0.6 is 0 Å². The van der Waals surface area contributed by atoms with Crippen LogP contribution in [-0.2, 0) is 0 Å². The molecule has 0 fully saturated rings. The van der Waals surface area contributed by atoms with E-state index in [9.17, 15) is 0 Å². The summed E-state index contributed by atoms with van der Waals surface area (Å²) in [6.07, 6.45) is 0. The molecule has 21 heavy (non-hydrogen) atoms. The lowest BCUT2D eigenvalue weighted by molar-refractivity contribution is 0.415. The molecule has 4 heteroatoms. The van der Waals surface area contributed by atoms with Gasteiger partial charge >= 0.3 is 0 Å². The molecule has 3 rings (SSSR count). The Kier molecular flexibility index (Phi) is 3.29. The van der Waals surface area contributed by atoms with Gasteiger partial charge in [0.15, 0.2) is 0 Å². The van der Waals surface area contributed by atoms with E-state index >= 15 is 0 Å². The Balaban J connectivity index is 2.37. The van der Waals surface area contributed by atoms with Crippen LogP contribution in [0.5, 0.6) is 5.75 Å². The van der Waals surface area contributed by atoms with Crippen molar-refractivity contribution >= 4 is 16.7 Å². The quantitative estimate of drug-likeness (QED) is 0.741. The van der Waals surface area contributed by atoms with Crippen LogP contribution in [0.1, 0.15) is 19.9 Å². The third-order valence-electron chi connectivity index (χ3n) is 3.62. The number of methoxy groups -OCH3 is 1. The first-order valence-corrected chi connectivity index (χ1v) is 7.03. The van der Waals surface area contributed by atoms with Crippen molar-refractivity contribution in [3.05, 3.63) is 42.5 Å². The fourth-order valence-electron chi connectivity index (χ4n) is 2.68. The lowest BCUT2D eigenvalue weighted by atomic mass is 10.2. The number of anilines is 1. The monoisotopic (exact) mass is 281 g/mol. The first-order chi connectivity index (χ1) is 10.1. The number of hydrogen-bond donors (Lipinski definition) is 1. The van der Waals surface area contributed by atoms with Crippen molar-refractivity contribution in [2.75, 3.05) is 12.8 Å². The number of nitrogens with zero attached hydrogens (tertiary/aromatic N) is 2. The number of nitrogen functional groups attached to an aromatic ring is 1. The van der Waals surface area contributed by atoms with Crippen molar-refractivity contribution in [2.24, 2.45) is 0 Å². The zero-order valence-corrected chi connectivity index (χ0v) is 12.5. The number of aromatic nitrogens is 2. The van der Waals surface area contributed by atoms with Crippen molar-refractivity contribution < 1.29 is 4.74 Å². The standard InChI is InChI=1S/C17H19N3O/c1-11(2)20-14-9-6-8-13(18)16(14)19-17(20)12-7-4-5-10-15(12)21-3/h4-11H,18H2,1-3H3. The van der Waals surface area contributed by atoms with Crippen molar-refractivity contribution in [2.45, 2.75) is 19.9 Å². The minimum atomic E-state index is 0.275. The maximum atomic E-state index is 6.08. The van der Waals surface area contributed by atoms with Gasteiger partial charge in [0.05, 0.1) is 23.9 Å². The summed E-state index contributed by atoms with van der Waals surface area (Å²) in [5.41, 5.74) is 9.64. The Morgan fingerprint density at radius 1 is 1.10 bits per heavy atom. The highest BCUT2D eigenvalue weighted by molar-refractivity contribution is 5.90. The van der Waals surface area contributed by atoms with E-state index in [1.807, 2.05) is 36.4 Å². The predicted octanol–water partition coefficient (Wildman–Crippen LogP) is 3.88. The molecule has 4 nitrogen and oxygen atoms in total. The molecule has 0 unspecified atom stereocenters. The van der Waals surface area contributed by atoms with E-state index in [4.69, 9.17) is 15.5 Å². The van der Waals surface area contributed by atoms with Gasteiger partial charge < -0.3 is 15.0 Å². The second kappa shape index (κ2) is 5.13. The fraction of sp³-hybridized carbons (Fsp3) is 0.235. The maximum absolute atomic E-state index is 6.08. The van der Waals surface area contributed by atoms with Crippen LogP contribution < -0.4 is 10.5 Å². The average molecular weight is 281 g/mol. The summed E-state index contributed by atoms with van der Waals surface area (Å²) in [7, 11) is 1.68. The van der Waals surface area contributed by atoms with E-state index in [0.717, 1.165) is 28.2 Å². The van der Waals surface area contributed by atoms with Crippen molar-refractivity contribution in [3.8, 4) is 17.1 Å². The van der Waals surface area contributed by atoms with E-state index in [-0.39, 0.29) is 6.04 Å². The lowest BCUT2D eigenvalue weighted by Gasteiger charge is -2.14. The van der Waals surface area contributed by atoms with Gasteiger partial charge in [-0.05, 0) is 38.1 Å². The van der Waals surface area contributed by atoms with E-state index in [0.29, 0.717) is 5.69 Å². The normalized spacial score (nSPS) is 11.2. The third kappa shape index (κ3) is 2.13. The molecule has 0 bridgehead atoms. The summed E-state index contributed by atoms with van der Waals surface area (Å²) in [6, 6.07) is 14.1. The second-order valence-electron chi connectivity index (χ2n) is 5.31. The largest absolute Gasteiger partial charge is 0.496 e. The number of benzene rings is 2. The Morgan fingerprint density at radius 2 is 1.86 bits per heavy atom. The van der Waals surface area contributed by atoms with Crippen LogP contribution in [-0.4, -0.2) is 16.7 Å². The van der Waals surface area contributed by atoms with Crippen LogP contribution in [0, 0.1) is 0 Å². The van der Waals surface area contributed by atoms with Gasteiger partial charge in [-0.3, -0.25) is 0 Å². The number of nitrogens with two attached hydrogens (primary N) is 1. The molecule has 0 aliphatic carbocycles. The zero-order chi connectivity index (χ0) is 15.0. The summed E-state index contributed by atoms with van der Waals surface area (Å²) >= 11 is 0. The summed E-state index contributed by atoms with van der Waals surface area (Å²) in [6.45, 7) is 4.28. The molecule has 1 aromatic heterocycles. The highest BCUT2D eigenvalue weighted by Crippen LogP contribution is 2.35. The summed E-state index contributed by atoms with van der Waals surface area (Å²) in [5, 5.41) is 0. The second-order valence-corrected chi connectivity index (χ2v) is 5.31. The molecule has 0 saturated heterocycles. The molecule has 0 saturated carbocycles. The summed E-state index contributed by atoms with van der Waals surface area (Å²) in [4.78, 5) is 4.77. The van der Waals surface area contributed by atoms with Gasteiger partial charge in [-0.25, -0.2) is 4.98 Å². The molecule has 0 radical (unpaired) electrons. The van der Waals surface area contributed by atoms with Gasteiger partial charge in [0, 0.05) is 6.04 Å². The molecule has 2 aromatic carbocycles.